The van der Waals surface area contributed by atoms with Crippen LogP contribution < -0.4 is 5.32 Å². The minimum Gasteiger partial charge on any atom is -0.351 e. The fourth-order valence-corrected chi connectivity index (χ4v) is 3.39. The number of carbonyl (C=O) groups excluding carboxylic acids is 1. The molecule has 0 bridgehead atoms. The van der Waals surface area contributed by atoms with Crippen LogP contribution in [-0.4, -0.2) is 47.9 Å². The van der Waals surface area contributed by atoms with Crippen LogP contribution in [0.2, 0.25) is 0 Å². The molecule has 0 radical (unpaired) electrons. The largest absolute Gasteiger partial charge is 0.351 e. The van der Waals surface area contributed by atoms with Crippen LogP contribution in [0.15, 0.2) is 36.5 Å². The van der Waals surface area contributed by atoms with Gasteiger partial charge >= 0.3 is 0 Å². The smallest absolute Gasteiger partial charge is 0.272 e. The van der Waals surface area contributed by atoms with Gasteiger partial charge in [0, 0.05) is 37.8 Å². The van der Waals surface area contributed by atoms with Crippen LogP contribution in [0.3, 0.4) is 0 Å². The van der Waals surface area contributed by atoms with E-state index in [0.717, 1.165) is 12.1 Å². The molecule has 2 saturated heterocycles. The number of anilines is 2. The number of nitrogens with zero attached hydrogens (tertiary/aromatic N) is 2. The van der Waals surface area contributed by atoms with Crippen LogP contribution >= 0.6 is 0 Å². The summed E-state index contributed by atoms with van der Waals surface area (Å²) < 4.78 is 39.0. The second kappa shape index (κ2) is 7.21. The molecule has 1 N–H and O–H groups in total. The lowest BCUT2D eigenvalue weighted by molar-refractivity contribution is -0.181. The van der Waals surface area contributed by atoms with E-state index in [1.165, 1.54) is 18.3 Å². The number of halogens is 2. The van der Waals surface area contributed by atoms with Gasteiger partial charge in [0.1, 0.15) is 23.0 Å². The van der Waals surface area contributed by atoms with Gasteiger partial charge in [-0.15, -0.1) is 0 Å². The highest BCUT2D eigenvalue weighted by atomic mass is 19.1. The maximum Gasteiger partial charge on any atom is 0.272 e. The van der Waals surface area contributed by atoms with Crippen LogP contribution in [0.25, 0.3) is 0 Å². The average molecular weight is 375 g/mol. The molecule has 4 rings (SSSR count). The number of benzene rings is 1. The van der Waals surface area contributed by atoms with E-state index in [0.29, 0.717) is 44.8 Å². The van der Waals surface area contributed by atoms with Crippen LogP contribution in [-0.2, 0) is 9.47 Å². The van der Waals surface area contributed by atoms with Crippen molar-refractivity contribution in [1.29, 1.82) is 0 Å². The zero-order valence-corrected chi connectivity index (χ0v) is 14.6. The number of nitrogens with one attached hydrogen (secondary N) is 1. The van der Waals surface area contributed by atoms with Gasteiger partial charge in [-0.05, 0) is 24.3 Å². The summed E-state index contributed by atoms with van der Waals surface area (Å²) in [6.07, 6.45) is 2.65. The summed E-state index contributed by atoms with van der Waals surface area (Å²) in [5, 5.41) is 2.68. The van der Waals surface area contributed by atoms with Gasteiger partial charge in [0.05, 0.1) is 13.2 Å². The van der Waals surface area contributed by atoms with Crippen LogP contribution in [0.4, 0.5) is 20.2 Å². The topological polar surface area (TPSA) is 63.7 Å². The van der Waals surface area contributed by atoms with Crippen molar-refractivity contribution in [1.82, 2.24) is 9.88 Å². The van der Waals surface area contributed by atoms with Crippen LogP contribution in [0, 0.1) is 11.6 Å². The quantitative estimate of drug-likeness (QED) is 0.893. The third-order valence-corrected chi connectivity index (χ3v) is 4.84. The molecule has 0 aliphatic carbocycles. The molecule has 2 aliphatic heterocycles. The second-order valence-corrected chi connectivity index (χ2v) is 6.55. The Morgan fingerprint density at radius 3 is 2.44 bits per heavy atom. The zero-order chi connectivity index (χ0) is 18.9. The van der Waals surface area contributed by atoms with Crippen LogP contribution in [0.5, 0.6) is 0 Å². The highest BCUT2D eigenvalue weighted by Gasteiger charge is 2.41. The minimum absolute atomic E-state index is 0.209. The number of hydrogen-bond acceptors (Lipinski definition) is 5. The first-order valence-electron chi connectivity index (χ1n) is 8.81. The maximum absolute atomic E-state index is 13.8. The zero-order valence-electron chi connectivity index (χ0n) is 14.6. The van der Waals surface area contributed by atoms with E-state index in [4.69, 9.17) is 9.47 Å². The summed E-state index contributed by atoms with van der Waals surface area (Å²) in [7, 11) is 0. The number of aromatic nitrogens is 1. The van der Waals surface area contributed by atoms with Crippen molar-refractivity contribution in [3.63, 3.8) is 0 Å². The first kappa shape index (κ1) is 17.8. The highest BCUT2D eigenvalue weighted by Crippen LogP contribution is 2.32. The van der Waals surface area contributed by atoms with Gasteiger partial charge in [0.25, 0.3) is 5.91 Å². The lowest BCUT2D eigenvalue weighted by Crippen LogP contribution is -2.47. The van der Waals surface area contributed by atoms with Gasteiger partial charge in [0.2, 0.25) is 0 Å². The Balaban J connectivity index is 1.47. The molecule has 2 aromatic rings. The van der Waals surface area contributed by atoms with Crippen molar-refractivity contribution in [2.45, 2.75) is 18.6 Å². The highest BCUT2D eigenvalue weighted by molar-refractivity contribution is 5.93. The lowest BCUT2D eigenvalue weighted by Gasteiger charge is -2.37. The molecule has 6 nitrogen and oxygen atoms in total. The number of ether oxygens (including phenoxy) is 2. The van der Waals surface area contributed by atoms with E-state index in [1.54, 1.807) is 11.0 Å². The summed E-state index contributed by atoms with van der Waals surface area (Å²) in [5.74, 6) is -2.22. The molecule has 8 heteroatoms. The van der Waals surface area contributed by atoms with E-state index in [2.05, 4.69) is 10.3 Å². The van der Waals surface area contributed by atoms with Crippen molar-refractivity contribution < 1.29 is 23.0 Å². The number of carbonyl (C=O) groups is 1. The molecule has 1 aromatic heterocycles. The molecule has 3 heterocycles. The van der Waals surface area contributed by atoms with E-state index < -0.39 is 17.4 Å². The second-order valence-electron chi connectivity index (χ2n) is 6.55. The van der Waals surface area contributed by atoms with Gasteiger partial charge in [-0.2, -0.15) is 0 Å². The first-order valence-corrected chi connectivity index (χ1v) is 8.81. The number of para-hydroxylation sites is 1. The lowest BCUT2D eigenvalue weighted by atomic mass is 10.0. The Morgan fingerprint density at radius 2 is 1.78 bits per heavy atom. The Morgan fingerprint density at radius 1 is 1.11 bits per heavy atom. The molecule has 2 fully saturated rings. The van der Waals surface area contributed by atoms with Crippen molar-refractivity contribution >= 4 is 17.3 Å². The molecule has 0 saturated carbocycles. The standard InChI is InChI=1S/C19H19F2N3O3/c20-14-2-1-3-15(21)17(14)23-13-4-7-22-16(12-13)18(25)24-8-5-19(6-9-24)26-10-11-27-19/h1-4,7,12H,5-6,8-11H2,(H,22,23). The third-order valence-electron chi connectivity index (χ3n) is 4.84. The third kappa shape index (κ3) is 3.63. The Hall–Kier alpha value is -2.58. The maximum atomic E-state index is 13.8. The fourth-order valence-electron chi connectivity index (χ4n) is 3.39. The van der Waals surface area contributed by atoms with E-state index >= 15 is 0 Å². The number of likely N-dealkylation sites (tertiary alicyclic amines) is 1. The fraction of sp³-hybridized carbons (Fsp3) is 0.368. The van der Waals surface area contributed by atoms with E-state index in [1.807, 2.05) is 0 Å². The van der Waals surface area contributed by atoms with Gasteiger partial charge in [-0.1, -0.05) is 6.07 Å². The van der Waals surface area contributed by atoms with Crippen molar-refractivity contribution in [2.24, 2.45) is 0 Å². The monoisotopic (exact) mass is 375 g/mol. The molecule has 0 unspecified atom stereocenters. The molecule has 2 aliphatic rings. The molecule has 1 spiro atoms. The summed E-state index contributed by atoms with van der Waals surface area (Å²) >= 11 is 0. The molecular weight excluding hydrogens is 356 g/mol. The van der Waals surface area contributed by atoms with Gasteiger partial charge in [-0.3, -0.25) is 9.78 Å². The normalized spacial score (nSPS) is 18.7. The number of rotatable bonds is 3. The molecule has 0 atom stereocenters. The van der Waals surface area contributed by atoms with Crippen molar-refractivity contribution in [2.75, 3.05) is 31.6 Å². The first-order chi connectivity index (χ1) is 13.1. The van der Waals surface area contributed by atoms with Crippen molar-refractivity contribution in [3.05, 3.63) is 53.9 Å². The minimum atomic E-state index is -0.711. The molecule has 142 valence electrons. The molecule has 1 amide bonds. The summed E-state index contributed by atoms with van der Waals surface area (Å²) in [4.78, 5) is 18.5. The summed E-state index contributed by atoms with van der Waals surface area (Å²) in [5.41, 5.74) is 0.326. The number of amides is 1. The predicted octanol–water partition coefficient (Wildman–Crippen LogP) is 3.08. The summed E-state index contributed by atoms with van der Waals surface area (Å²) in [6, 6.07) is 6.65. The SMILES string of the molecule is O=C(c1cc(Nc2c(F)cccc2F)ccn1)N1CCC2(CC1)OCCO2. The molecule has 27 heavy (non-hydrogen) atoms. The molecular formula is C19H19F2N3O3. The van der Waals surface area contributed by atoms with Crippen molar-refractivity contribution in [3.8, 4) is 0 Å². The Labute approximate surface area is 155 Å². The number of pyridine rings is 1. The van der Waals surface area contributed by atoms with Gasteiger partial charge in [-0.25, -0.2) is 8.78 Å². The summed E-state index contributed by atoms with van der Waals surface area (Å²) in [6.45, 7) is 2.16. The van der Waals surface area contributed by atoms with E-state index in [-0.39, 0.29) is 17.3 Å². The Bertz CT molecular complexity index is 826. The number of hydrogen-bond donors (Lipinski definition) is 1. The average Bonchev–Trinajstić information content (AvgIpc) is 3.13. The predicted molar refractivity (Wildman–Crippen MR) is 93.7 cm³/mol. The Kier molecular flexibility index (Phi) is 4.75. The number of piperidine rings is 1. The molecule has 1 aromatic carbocycles. The van der Waals surface area contributed by atoms with Gasteiger partial charge in [0.15, 0.2) is 5.79 Å². The van der Waals surface area contributed by atoms with Crippen LogP contribution in [0.1, 0.15) is 23.3 Å². The van der Waals surface area contributed by atoms with E-state index in [9.17, 15) is 13.6 Å². The van der Waals surface area contributed by atoms with Gasteiger partial charge < -0.3 is 19.7 Å².